The predicted octanol–water partition coefficient (Wildman–Crippen LogP) is 2.78. The van der Waals surface area contributed by atoms with Crippen molar-refractivity contribution in [1.82, 2.24) is 19.8 Å². The maximum absolute atomic E-state index is 12.6. The van der Waals surface area contributed by atoms with Gasteiger partial charge in [0, 0.05) is 26.2 Å². The fourth-order valence-corrected chi connectivity index (χ4v) is 3.16. The lowest BCUT2D eigenvalue weighted by Gasteiger charge is -2.22. The summed E-state index contributed by atoms with van der Waals surface area (Å²) in [4.78, 5) is 22.2. The Kier molecular flexibility index (Phi) is 4.73. The quantitative estimate of drug-likeness (QED) is 0.902. The smallest absolute Gasteiger partial charge is 0.341 e. The number of nitrogens with one attached hydrogen (secondary N) is 1. The zero-order valence-electron chi connectivity index (χ0n) is 14.3. The van der Waals surface area contributed by atoms with Crippen molar-refractivity contribution in [3.8, 4) is 0 Å². The Balaban J connectivity index is 1.68. The van der Waals surface area contributed by atoms with E-state index in [9.17, 15) is 18.0 Å². The topological polar surface area (TPSA) is 52.2 Å². The van der Waals surface area contributed by atoms with E-state index in [-0.39, 0.29) is 13.1 Å². The van der Waals surface area contributed by atoms with Crippen LogP contribution in [0.3, 0.4) is 0 Å². The molecule has 1 saturated heterocycles. The van der Waals surface area contributed by atoms with Crippen LogP contribution in [0, 0.1) is 13.8 Å². The first-order chi connectivity index (χ1) is 11.8. The van der Waals surface area contributed by atoms with Gasteiger partial charge in [-0.3, -0.25) is 9.69 Å². The van der Waals surface area contributed by atoms with Crippen LogP contribution in [0.4, 0.5) is 13.2 Å². The Bertz CT molecular complexity index is 784. The number of fused-ring (bicyclic) bond motifs is 1. The molecule has 1 aromatic carbocycles. The molecule has 0 spiro atoms. The molecule has 3 rings (SSSR count). The zero-order valence-corrected chi connectivity index (χ0v) is 14.3. The number of carbonyl (C=O) groups excluding carboxylic acids is 1. The molecule has 0 bridgehead atoms. The summed E-state index contributed by atoms with van der Waals surface area (Å²) in [7, 11) is 0. The van der Waals surface area contributed by atoms with Gasteiger partial charge < -0.3 is 9.88 Å². The summed E-state index contributed by atoms with van der Waals surface area (Å²) in [6, 6.07) is 4.02. The van der Waals surface area contributed by atoms with Crippen molar-refractivity contribution in [3.05, 3.63) is 29.1 Å². The third-order valence-corrected chi connectivity index (χ3v) is 4.72. The highest BCUT2D eigenvalue weighted by Gasteiger charge is 2.42. The van der Waals surface area contributed by atoms with E-state index in [1.165, 1.54) is 5.56 Å². The Hall–Kier alpha value is -2.09. The first-order valence-electron chi connectivity index (χ1n) is 8.29. The number of aromatic amines is 1. The fourth-order valence-electron chi connectivity index (χ4n) is 3.16. The lowest BCUT2D eigenvalue weighted by atomic mass is 10.1. The van der Waals surface area contributed by atoms with Crippen LogP contribution in [-0.2, 0) is 11.3 Å². The Morgan fingerprint density at radius 1 is 1.20 bits per heavy atom. The summed E-state index contributed by atoms with van der Waals surface area (Å²) in [6.07, 6.45) is -4.29. The van der Waals surface area contributed by atoms with E-state index in [1.807, 2.05) is 30.9 Å². The molecule has 0 saturated carbocycles. The summed E-state index contributed by atoms with van der Waals surface area (Å²) in [5.74, 6) is -0.955. The number of amides is 1. The molecule has 0 atom stereocenters. The van der Waals surface area contributed by atoms with E-state index in [0.29, 0.717) is 26.1 Å². The number of H-pyrrole nitrogens is 1. The number of alkyl halides is 3. The molecule has 0 unspecified atom stereocenters. The molecule has 0 aliphatic carbocycles. The number of halogens is 3. The van der Waals surface area contributed by atoms with Crippen LogP contribution < -0.4 is 0 Å². The molecular formula is C17H21F3N4O. The van der Waals surface area contributed by atoms with Gasteiger partial charge in [-0.05, 0) is 37.5 Å². The maximum Gasteiger partial charge on any atom is 0.471 e. The van der Waals surface area contributed by atoms with E-state index in [4.69, 9.17) is 0 Å². The number of rotatable bonds is 2. The van der Waals surface area contributed by atoms with Crippen molar-refractivity contribution in [2.75, 3.05) is 26.2 Å². The SMILES string of the molecule is Cc1ccc2[nH]c(CN3CCCN(C(=O)C(F)(F)F)CC3)nc2c1C. The highest BCUT2D eigenvalue weighted by Crippen LogP contribution is 2.21. The van der Waals surface area contributed by atoms with E-state index in [2.05, 4.69) is 9.97 Å². The first-order valence-corrected chi connectivity index (χ1v) is 8.29. The van der Waals surface area contributed by atoms with Crippen LogP contribution in [0.25, 0.3) is 11.0 Å². The van der Waals surface area contributed by atoms with E-state index < -0.39 is 12.1 Å². The third-order valence-electron chi connectivity index (χ3n) is 4.72. The number of nitrogens with zero attached hydrogens (tertiary/aromatic N) is 3. The van der Waals surface area contributed by atoms with E-state index in [0.717, 1.165) is 27.3 Å². The first kappa shape index (κ1) is 17.7. The normalized spacial score (nSPS) is 17.1. The standard InChI is InChI=1S/C17H21F3N4O/c1-11-4-5-13-15(12(11)2)22-14(21-13)10-23-6-3-7-24(9-8-23)16(25)17(18,19)20/h4-5H,3,6-10H2,1-2H3,(H,21,22). The second-order valence-corrected chi connectivity index (χ2v) is 6.51. The van der Waals surface area contributed by atoms with Crippen molar-refractivity contribution in [2.24, 2.45) is 0 Å². The van der Waals surface area contributed by atoms with E-state index >= 15 is 0 Å². The molecule has 1 aromatic heterocycles. The van der Waals surface area contributed by atoms with Gasteiger partial charge in [0.2, 0.25) is 0 Å². The molecule has 8 heteroatoms. The van der Waals surface area contributed by atoms with Crippen LogP contribution >= 0.6 is 0 Å². The molecule has 1 aliphatic heterocycles. The van der Waals surface area contributed by atoms with Crippen LogP contribution in [-0.4, -0.2) is 58.0 Å². The molecule has 2 aromatic rings. The van der Waals surface area contributed by atoms with Gasteiger partial charge in [0.1, 0.15) is 5.82 Å². The van der Waals surface area contributed by atoms with Crippen molar-refractivity contribution >= 4 is 16.9 Å². The summed E-state index contributed by atoms with van der Waals surface area (Å²) < 4.78 is 37.7. The highest BCUT2D eigenvalue weighted by molar-refractivity contribution is 5.82. The number of aryl methyl sites for hydroxylation is 2. The average molecular weight is 354 g/mol. The number of imidazole rings is 1. The monoisotopic (exact) mass is 354 g/mol. The molecule has 5 nitrogen and oxygen atoms in total. The van der Waals surface area contributed by atoms with Crippen molar-refractivity contribution in [2.45, 2.75) is 33.0 Å². The molecule has 136 valence electrons. The fraction of sp³-hybridized carbons (Fsp3) is 0.529. The molecular weight excluding hydrogens is 333 g/mol. The molecule has 0 radical (unpaired) electrons. The van der Waals surface area contributed by atoms with Gasteiger partial charge in [-0.25, -0.2) is 4.98 Å². The maximum atomic E-state index is 12.6. The molecule has 1 aliphatic rings. The van der Waals surface area contributed by atoms with E-state index in [1.54, 1.807) is 0 Å². The molecule has 25 heavy (non-hydrogen) atoms. The van der Waals surface area contributed by atoms with Gasteiger partial charge in [0.05, 0.1) is 17.6 Å². The number of hydrogen-bond acceptors (Lipinski definition) is 3. The molecule has 2 heterocycles. The Morgan fingerprint density at radius 3 is 2.68 bits per heavy atom. The minimum Gasteiger partial charge on any atom is -0.341 e. The summed E-state index contributed by atoms with van der Waals surface area (Å²) in [5, 5.41) is 0. The second kappa shape index (κ2) is 6.67. The minimum atomic E-state index is -4.80. The molecule has 1 N–H and O–H groups in total. The second-order valence-electron chi connectivity index (χ2n) is 6.51. The van der Waals surface area contributed by atoms with Gasteiger partial charge >= 0.3 is 12.1 Å². The molecule has 1 fully saturated rings. The van der Waals surface area contributed by atoms with Crippen molar-refractivity contribution < 1.29 is 18.0 Å². The zero-order chi connectivity index (χ0) is 18.2. The van der Waals surface area contributed by atoms with Gasteiger partial charge in [0.25, 0.3) is 0 Å². The van der Waals surface area contributed by atoms with Crippen LogP contribution in [0.1, 0.15) is 23.4 Å². The van der Waals surface area contributed by atoms with Crippen molar-refractivity contribution in [1.29, 1.82) is 0 Å². The molecule has 1 amide bonds. The lowest BCUT2D eigenvalue weighted by Crippen LogP contribution is -2.43. The Labute approximate surface area is 143 Å². The number of hydrogen-bond donors (Lipinski definition) is 1. The minimum absolute atomic E-state index is 0.0801. The van der Waals surface area contributed by atoms with Gasteiger partial charge in [-0.15, -0.1) is 0 Å². The predicted molar refractivity (Wildman–Crippen MR) is 88.1 cm³/mol. The highest BCUT2D eigenvalue weighted by atomic mass is 19.4. The number of aromatic nitrogens is 2. The number of benzene rings is 1. The van der Waals surface area contributed by atoms with Crippen LogP contribution in [0.5, 0.6) is 0 Å². The number of carbonyl (C=O) groups is 1. The van der Waals surface area contributed by atoms with Crippen molar-refractivity contribution in [3.63, 3.8) is 0 Å². The van der Waals surface area contributed by atoms with Gasteiger partial charge in [0.15, 0.2) is 0 Å². The largest absolute Gasteiger partial charge is 0.471 e. The summed E-state index contributed by atoms with van der Waals surface area (Å²) in [5.41, 5.74) is 4.18. The summed E-state index contributed by atoms with van der Waals surface area (Å²) >= 11 is 0. The van der Waals surface area contributed by atoms with Crippen LogP contribution in [0.15, 0.2) is 12.1 Å². The third kappa shape index (κ3) is 3.78. The van der Waals surface area contributed by atoms with Gasteiger partial charge in [-0.1, -0.05) is 6.07 Å². The average Bonchev–Trinajstić information content (AvgIpc) is 2.81. The Morgan fingerprint density at radius 2 is 1.96 bits per heavy atom. The van der Waals surface area contributed by atoms with Crippen LogP contribution in [0.2, 0.25) is 0 Å². The van der Waals surface area contributed by atoms with Gasteiger partial charge in [-0.2, -0.15) is 13.2 Å². The lowest BCUT2D eigenvalue weighted by molar-refractivity contribution is -0.185. The summed E-state index contributed by atoms with van der Waals surface area (Å²) in [6.45, 7) is 5.83.